The van der Waals surface area contributed by atoms with E-state index in [1.165, 1.54) is 5.01 Å². The first-order valence-corrected chi connectivity index (χ1v) is 14.2. The van der Waals surface area contributed by atoms with Gasteiger partial charge in [-0.05, 0) is 86.5 Å². The number of anilines is 3. The third-order valence-electron chi connectivity index (χ3n) is 8.04. The van der Waals surface area contributed by atoms with Crippen molar-refractivity contribution in [3.05, 3.63) is 87.4 Å². The minimum atomic E-state index is -0.842. The third kappa shape index (κ3) is 4.30. The van der Waals surface area contributed by atoms with Crippen LogP contribution in [0.3, 0.4) is 0 Å². The van der Waals surface area contributed by atoms with Gasteiger partial charge in [0, 0.05) is 40.5 Å². The van der Waals surface area contributed by atoms with Crippen LogP contribution in [0.2, 0.25) is 5.02 Å². The number of carbonyl (C=O) groups is 2. The van der Waals surface area contributed by atoms with Gasteiger partial charge in [0.2, 0.25) is 0 Å². The zero-order chi connectivity index (χ0) is 27.3. The summed E-state index contributed by atoms with van der Waals surface area (Å²) in [5.74, 6) is -0.446. The number of hydrogen-bond acceptors (Lipinski definition) is 6. The minimum absolute atomic E-state index is 0.0579. The number of carbonyl (C=O) groups excluding carboxylic acids is 2. The number of ether oxygens (including phenoxy) is 1. The zero-order valence-electron chi connectivity index (χ0n) is 21.7. The van der Waals surface area contributed by atoms with Crippen LogP contribution in [0.4, 0.5) is 17.1 Å². The lowest BCUT2D eigenvalue weighted by atomic mass is 9.67. The van der Waals surface area contributed by atoms with Crippen molar-refractivity contribution >= 4 is 62.2 Å². The Morgan fingerprint density at radius 3 is 2.64 bits per heavy atom. The number of hydrogen-bond donors (Lipinski definition) is 0. The van der Waals surface area contributed by atoms with Gasteiger partial charge in [-0.2, -0.15) is 10.1 Å². The van der Waals surface area contributed by atoms with E-state index in [4.69, 9.17) is 21.4 Å². The van der Waals surface area contributed by atoms with Crippen molar-refractivity contribution in [3.63, 3.8) is 0 Å². The Morgan fingerprint density at radius 2 is 1.90 bits per heavy atom. The Kier molecular flexibility index (Phi) is 6.63. The summed E-state index contributed by atoms with van der Waals surface area (Å²) < 4.78 is 6.09. The average molecular weight is 608 g/mol. The zero-order valence-corrected chi connectivity index (χ0v) is 24.1. The second kappa shape index (κ2) is 9.99. The molecule has 0 unspecified atom stereocenters. The molecule has 1 amide bonds. The maximum Gasteiger partial charge on any atom is 0.338 e. The van der Waals surface area contributed by atoms with Gasteiger partial charge in [-0.25, -0.2) is 4.79 Å². The number of halogens is 2. The lowest BCUT2D eigenvalue weighted by Crippen LogP contribution is -2.67. The van der Waals surface area contributed by atoms with Gasteiger partial charge < -0.3 is 14.5 Å². The van der Waals surface area contributed by atoms with E-state index >= 15 is 0 Å². The molecule has 3 aliphatic heterocycles. The normalized spacial score (nSPS) is 22.1. The third-order valence-corrected chi connectivity index (χ3v) is 8.76. The van der Waals surface area contributed by atoms with Crippen LogP contribution in [-0.2, 0) is 16.0 Å². The van der Waals surface area contributed by atoms with E-state index < -0.39 is 5.41 Å². The van der Waals surface area contributed by atoms with E-state index in [-0.39, 0.29) is 17.9 Å². The number of esters is 1. The molecule has 6 rings (SSSR count). The summed E-state index contributed by atoms with van der Waals surface area (Å²) in [6.07, 6.45) is 0.553. The fourth-order valence-corrected chi connectivity index (χ4v) is 6.73. The quantitative estimate of drug-likeness (QED) is 0.344. The Morgan fingerprint density at radius 1 is 1.10 bits per heavy atom. The molecule has 2 atom stereocenters. The van der Waals surface area contributed by atoms with Gasteiger partial charge in [0.25, 0.3) is 5.91 Å². The molecule has 0 saturated carbocycles. The van der Waals surface area contributed by atoms with E-state index in [0.717, 1.165) is 40.2 Å². The fourth-order valence-electron chi connectivity index (χ4n) is 6.14. The maximum absolute atomic E-state index is 14.5. The van der Waals surface area contributed by atoms with Gasteiger partial charge in [-0.15, -0.1) is 0 Å². The number of amides is 1. The first-order valence-electron chi connectivity index (χ1n) is 13.0. The lowest BCUT2D eigenvalue weighted by Gasteiger charge is -2.53. The van der Waals surface area contributed by atoms with Crippen LogP contribution in [0.15, 0.2) is 76.3 Å². The summed E-state index contributed by atoms with van der Waals surface area (Å²) in [5.41, 5.74) is 4.34. The van der Waals surface area contributed by atoms with Crippen LogP contribution in [0.1, 0.15) is 29.8 Å². The van der Waals surface area contributed by atoms with Crippen LogP contribution in [0.5, 0.6) is 0 Å². The van der Waals surface area contributed by atoms with Crippen LogP contribution in [0, 0.1) is 5.41 Å². The molecule has 3 aromatic rings. The van der Waals surface area contributed by atoms with Crippen molar-refractivity contribution in [2.75, 3.05) is 41.0 Å². The Bertz CT molecular complexity index is 1490. The average Bonchev–Trinajstić information content (AvgIpc) is 3.18. The van der Waals surface area contributed by atoms with Crippen molar-refractivity contribution in [2.45, 2.75) is 26.3 Å². The van der Waals surface area contributed by atoms with Gasteiger partial charge in [0.1, 0.15) is 5.41 Å². The summed E-state index contributed by atoms with van der Waals surface area (Å²) in [6.45, 7) is 6.27. The predicted molar refractivity (Wildman–Crippen MR) is 158 cm³/mol. The number of rotatable bonds is 4. The molecule has 0 N–H and O–H groups in total. The molecule has 9 heteroatoms. The highest BCUT2D eigenvalue weighted by Gasteiger charge is 2.60. The van der Waals surface area contributed by atoms with E-state index in [0.29, 0.717) is 35.8 Å². The van der Waals surface area contributed by atoms with Crippen LogP contribution >= 0.6 is 27.5 Å². The number of hydrazone groups is 1. The van der Waals surface area contributed by atoms with Gasteiger partial charge in [0.05, 0.1) is 29.6 Å². The molecular formula is C30H28BrClN4O3. The molecule has 0 bridgehead atoms. The molecule has 7 nitrogen and oxygen atoms in total. The first kappa shape index (κ1) is 25.9. The molecule has 3 aliphatic rings. The van der Waals surface area contributed by atoms with Crippen LogP contribution in [0.25, 0.3) is 0 Å². The highest BCUT2D eigenvalue weighted by Crippen LogP contribution is 2.49. The van der Waals surface area contributed by atoms with Gasteiger partial charge in [-0.3, -0.25) is 4.79 Å². The molecule has 39 heavy (non-hydrogen) atoms. The SMILES string of the molecule is CCOC(=O)c1ccc(N2N=C(C)[C@]3(Cc4cc(Br)ccc4N4CCN(c5cccc(Cl)c5)C[C@H]43)C2=O)cc1. The van der Waals surface area contributed by atoms with Gasteiger partial charge in [-0.1, -0.05) is 33.6 Å². The second-order valence-corrected chi connectivity index (χ2v) is 11.5. The molecule has 0 aromatic heterocycles. The first-order chi connectivity index (χ1) is 18.8. The van der Waals surface area contributed by atoms with Gasteiger partial charge >= 0.3 is 5.97 Å². The minimum Gasteiger partial charge on any atom is -0.462 e. The van der Waals surface area contributed by atoms with E-state index in [1.54, 1.807) is 31.2 Å². The summed E-state index contributed by atoms with van der Waals surface area (Å²) in [4.78, 5) is 31.4. The molecule has 3 aromatic carbocycles. The number of benzene rings is 3. The molecule has 3 heterocycles. The summed E-state index contributed by atoms with van der Waals surface area (Å²) >= 11 is 9.96. The van der Waals surface area contributed by atoms with Crippen LogP contribution < -0.4 is 14.8 Å². The molecule has 1 spiro atoms. The molecule has 0 radical (unpaired) electrons. The topological polar surface area (TPSA) is 65.5 Å². The molecule has 1 saturated heterocycles. The fraction of sp³-hybridized carbons (Fsp3) is 0.300. The smallest absolute Gasteiger partial charge is 0.338 e. The van der Waals surface area contributed by atoms with Crippen molar-refractivity contribution in [1.82, 2.24) is 0 Å². The van der Waals surface area contributed by atoms with Crippen molar-refractivity contribution < 1.29 is 14.3 Å². The number of piperazine rings is 1. The Hall–Kier alpha value is -3.36. The standard InChI is InChI=1S/C30H28BrClN4O3/c1-3-39-28(37)20-7-10-24(11-8-20)36-29(38)30(19(2)33-36)17-21-15-22(31)9-12-26(21)35-14-13-34(18-27(30)35)25-6-4-5-23(32)16-25/h4-12,15-16,27H,3,13-14,17-18H2,1-2H3/t27-,30-/m0/s1. The summed E-state index contributed by atoms with van der Waals surface area (Å²) in [6, 6.07) is 20.9. The van der Waals surface area contributed by atoms with E-state index in [9.17, 15) is 9.59 Å². The van der Waals surface area contributed by atoms with Crippen molar-refractivity contribution in [2.24, 2.45) is 10.5 Å². The highest BCUT2D eigenvalue weighted by atomic mass is 79.9. The van der Waals surface area contributed by atoms with Crippen molar-refractivity contribution in [1.29, 1.82) is 0 Å². The van der Waals surface area contributed by atoms with E-state index in [1.807, 2.05) is 25.1 Å². The van der Waals surface area contributed by atoms with E-state index in [2.05, 4.69) is 50.0 Å². The lowest BCUT2D eigenvalue weighted by molar-refractivity contribution is -0.125. The Balaban J connectivity index is 1.39. The van der Waals surface area contributed by atoms with Crippen molar-refractivity contribution in [3.8, 4) is 0 Å². The molecule has 0 aliphatic carbocycles. The number of nitrogens with zero attached hydrogens (tertiary/aromatic N) is 4. The molecule has 200 valence electrons. The molecular weight excluding hydrogens is 580 g/mol. The summed E-state index contributed by atoms with van der Waals surface area (Å²) in [5, 5.41) is 7.03. The monoisotopic (exact) mass is 606 g/mol. The van der Waals surface area contributed by atoms with Crippen LogP contribution in [-0.4, -0.2) is 49.9 Å². The van der Waals surface area contributed by atoms with Gasteiger partial charge in [0.15, 0.2) is 0 Å². The predicted octanol–water partition coefficient (Wildman–Crippen LogP) is 5.94. The largest absolute Gasteiger partial charge is 0.462 e. The highest BCUT2D eigenvalue weighted by molar-refractivity contribution is 9.10. The maximum atomic E-state index is 14.5. The summed E-state index contributed by atoms with van der Waals surface area (Å²) in [7, 11) is 0. The molecule has 1 fully saturated rings. The number of fused-ring (bicyclic) bond motifs is 4. The second-order valence-electron chi connectivity index (χ2n) is 10.1. The Labute approximate surface area is 241 Å².